The van der Waals surface area contributed by atoms with Gasteiger partial charge in [0.05, 0.1) is 21.0 Å². The number of hydrogen-bond donors (Lipinski definition) is 1. The number of sulfonamides is 1. The van der Waals surface area contributed by atoms with E-state index < -0.39 is 27.7 Å². The van der Waals surface area contributed by atoms with E-state index in [1.54, 1.807) is 13.8 Å². The third kappa shape index (κ3) is 4.59. The van der Waals surface area contributed by atoms with Crippen LogP contribution in [0.5, 0.6) is 0 Å². The minimum Gasteiger partial charge on any atom is -0.478 e. The van der Waals surface area contributed by atoms with E-state index in [4.69, 9.17) is 11.6 Å². The van der Waals surface area contributed by atoms with E-state index in [1.807, 2.05) is 0 Å². The summed E-state index contributed by atoms with van der Waals surface area (Å²) in [5, 5.41) is 9.48. The van der Waals surface area contributed by atoms with Crippen LogP contribution in [0.15, 0.2) is 47.4 Å². The number of carboxylic acids is 1. The molecule has 12 heteroatoms. The van der Waals surface area contributed by atoms with Crippen molar-refractivity contribution in [1.29, 1.82) is 0 Å². The first-order chi connectivity index (χ1) is 14.9. The first kappa shape index (κ1) is 24.0. The maximum absolute atomic E-state index is 13.2. The van der Waals surface area contributed by atoms with E-state index in [0.29, 0.717) is 15.4 Å². The summed E-state index contributed by atoms with van der Waals surface area (Å²) in [4.78, 5) is 15.9. The molecule has 0 fully saturated rings. The summed E-state index contributed by atoms with van der Waals surface area (Å²) in [5.74, 6) is -1.26. The predicted octanol–water partition coefficient (Wildman–Crippen LogP) is 5.70. The van der Waals surface area contributed by atoms with Crippen molar-refractivity contribution in [2.45, 2.75) is 24.9 Å². The van der Waals surface area contributed by atoms with Crippen LogP contribution >= 0.6 is 22.9 Å². The monoisotopic (exact) mass is 504 g/mol. The van der Waals surface area contributed by atoms with E-state index in [1.165, 1.54) is 24.3 Å². The smallest absolute Gasteiger partial charge is 0.416 e. The zero-order chi connectivity index (χ0) is 23.8. The lowest BCUT2D eigenvalue weighted by atomic mass is 10.1. The first-order valence-corrected chi connectivity index (χ1v) is 11.7. The summed E-state index contributed by atoms with van der Waals surface area (Å²) < 4.78 is 65.9. The van der Waals surface area contributed by atoms with Crippen LogP contribution in [-0.2, 0) is 16.2 Å². The SMILES string of the molecule is CCN(c1nc(-c2ccc(C(F)(F)F)cc2)sc1C)S(=O)(=O)c1ccc(Cl)c(C(=O)O)c1. The fourth-order valence-corrected chi connectivity index (χ4v) is 5.62. The highest BCUT2D eigenvalue weighted by atomic mass is 35.5. The van der Waals surface area contributed by atoms with Gasteiger partial charge < -0.3 is 5.11 Å². The Kier molecular flexibility index (Phi) is 6.55. The van der Waals surface area contributed by atoms with Gasteiger partial charge in [0.25, 0.3) is 10.0 Å². The minimum atomic E-state index is -4.47. The van der Waals surface area contributed by atoms with E-state index in [9.17, 15) is 31.5 Å². The number of halogens is 4. The topological polar surface area (TPSA) is 87.6 Å². The Morgan fingerprint density at radius 1 is 1.19 bits per heavy atom. The highest BCUT2D eigenvalue weighted by Gasteiger charge is 2.31. The number of aromatic carboxylic acids is 1. The molecule has 0 unspecified atom stereocenters. The van der Waals surface area contributed by atoms with Crippen LogP contribution < -0.4 is 4.31 Å². The van der Waals surface area contributed by atoms with Crippen LogP contribution in [0.1, 0.15) is 27.7 Å². The van der Waals surface area contributed by atoms with Crippen molar-refractivity contribution >= 4 is 44.7 Å². The van der Waals surface area contributed by atoms with Crippen molar-refractivity contribution in [2.24, 2.45) is 0 Å². The maximum atomic E-state index is 13.2. The van der Waals surface area contributed by atoms with Gasteiger partial charge in [0.1, 0.15) is 5.01 Å². The number of thiazole rings is 1. The zero-order valence-corrected chi connectivity index (χ0v) is 19.0. The van der Waals surface area contributed by atoms with E-state index in [0.717, 1.165) is 33.8 Å². The lowest BCUT2D eigenvalue weighted by molar-refractivity contribution is -0.137. The molecule has 1 heterocycles. The molecule has 170 valence electrons. The predicted molar refractivity (Wildman–Crippen MR) is 116 cm³/mol. The number of carboxylic acid groups (broad SMARTS) is 1. The third-order valence-electron chi connectivity index (χ3n) is 4.51. The second kappa shape index (κ2) is 8.72. The van der Waals surface area contributed by atoms with E-state index in [2.05, 4.69) is 4.98 Å². The van der Waals surface area contributed by atoms with Crippen LogP contribution in [0.3, 0.4) is 0 Å². The summed E-state index contributed by atoms with van der Waals surface area (Å²) in [6.07, 6.45) is -4.47. The molecular formula is C20H16ClF3N2O4S2. The first-order valence-electron chi connectivity index (χ1n) is 9.07. The molecule has 3 rings (SSSR count). The van der Waals surface area contributed by atoms with E-state index >= 15 is 0 Å². The molecule has 3 aromatic rings. The van der Waals surface area contributed by atoms with Crippen molar-refractivity contribution in [2.75, 3.05) is 10.8 Å². The lowest BCUT2D eigenvalue weighted by Gasteiger charge is -2.21. The summed E-state index contributed by atoms with van der Waals surface area (Å²) in [6, 6.07) is 7.77. The Morgan fingerprint density at radius 3 is 2.34 bits per heavy atom. The lowest BCUT2D eigenvalue weighted by Crippen LogP contribution is -2.31. The normalized spacial score (nSPS) is 12.1. The molecular weight excluding hydrogens is 489 g/mol. The molecule has 2 aromatic carbocycles. The zero-order valence-electron chi connectivity index (χ0n) is 16.6. The number of hydrogen-bond acceptors (Lipinski definition) is 5. The molecule has 1 aromatic heterocycles. The number of aryl methyl sites for hydroxylation is 1. The summed E-state index contributed by atoms with van der Waals surface area (Å²) in [7, 11) is -4.19. The molecule has 0 spiro atoms. The molecule has 0 amide bonds. The highest BCUT2D eigenvalue weighted by Crippen LogP contribution is 2.37. The number of benzene rings is 2. The van der Waals surface area contributed by atoms with Crippen LogP contribution in [-0.4, -0.2) is 31.0 Å². The van der Waals surface area contributed by atoms with Crippen LogP contribution in [0, 0.1) is 6.92 Å². The van der Waals surface area contributed by atoms with Gasteiger partial charge in [-0.25, -0.2) is 22.5 Å². The number of aromatic nitrogens is 1. The van der Waals surface area contributed by atoms with Gasteiger partial charge >= 0.3 is 12.1 Å². The molecule has 6 nitrogen and oxygen atoms in total. The largest absolute Gasteiger partial charge is 0.478 e. The highest BCUT2D eigenvalue weighted by molar-refractivity contribution is 7.92. The second-order valence-corrected chi connectivity index (χ2v) is 10.1. The molecule has 0 radical (unpaired) electrons. The number of nitrogens with zero attached hydrogens (tertiary/aromatic N) is 2. The standard InChI is InChI=1S/C20H16ClF3N2O4S2/c1-3-26(32(29,30)14-8-9-16(21)15(10-14)19(27)28)17-11(2)31-18(25-17)12-4-6-13(7-5-12)20(22,23)24/h4-10H,3H2,1-2H3,(H,27,28). The maximum Gasteiger partial charge on any atom is 0.416 e. The molecule has 0 atom stereocenters. The second-order valence-electron chi connectivity index (χ2n) is 6.59. The van der Waals surface area contributed by atoms with Crippen molar-refractivity contribution < 1.29 is 31.5 Å². The summed E-state index contributed by atoms with van der Waals surface area (Å²) in [5.41, 5.74) is -0.751. The van der Waals surface area contributed by atoms with Crippen molar-refractivity contribution in [1.82, 2.24) is 4.98 Å². The quantitative estimate of drug-likeness (QED) is 0.465. The van der Waals surface area contributed by atoms with Crippen molar-refractivity contribution in [3.63, 3.8) is 0 Å². The fourth-order valence-electron chi connectivity index (χ4n) is 2.93. The van der Waals surface area contributed by atoms with Crippen molar-refractivity contribution in [3.05, 3.63) is 63.5 Å². The number of rotatable bonds is 6. The molecule has 0 aliphatic heterocycles. The number of alkyl halides is 3. The van der Waals surface area contributed by atoms with Gasteiger partial charge in [-0.2, -0.15) is 13.2 Å². The number of anilines is 1. The Hall–Kier alpha value is -2.63. The third-order valence-corrected chi connectivity index (χ3v) is 7.71. The van der Waals surface area contributed by atoms with Gasteiger partial charge in [-0.05, 0) is 44.2 Å². The number of carbonyl (C=O) groups is 1. The van der Waals surface area contributed by atoms with Gasteiger partial charge in [-0.15, -0.1) is 11.3 Å². The van der Waals surface area contributed by atoms with Gasteiger partial charge in [0, 0.05) is 17.0 Å². The van der Waals surface area contributed by atoms with Crippen LogP contribution in [0.2, 0.25) is 5.02 Å². The van der Waals surface area contributed by atoms with Crippen LogP contribution in [0.4, 0.5) is 19.0 Å². The fraction of sp³-hybridized carbons (Fsp3) is 0.200. The Bertz CT molecular complexity index is 1270. The molecule has 0 aliphatic carbocycles. The molecule has 32 heavy (non-hydrogen) atoms. The van der Waals surface area contributed by atoms with Crippen LogP contribution in [0.25, 0.3) is 10.6 Å². The molecule has 0 saturated carbocycles. The van der Waals surface area contributed by atoms with Gasteiger partial charge in [0.15, 0.2) is 5.82 Å². The molecule has 0 bridgehead atoms. The van der Waals surface area contributed by atoms with Gasteiger partial charge in [-0.1, -0.05) is 23.7 Å². The van der Waals surface area contributed by atoms with Gasteiger partial charge in [0.2, 0.25) is 0 Å². The van der Waals surface area contributed by atoms with Gasteiger partial charge in [-0.3, -0.25) is 0 Å². The Labute approximate surface area is 191 Å². The Balaban J connectivity index is 2.02. The molecule has 1 N–H and O–H groups in total. The Morgan fingerprint density at radius 2 is 1.81 bits per heavy atom. The average molecular weight is 505 g/mol. The average Bonchev–Trinajstić information content (AvgIpc) is 3.09. The van der Waals surface area contributed by atoms with Crippen molar-refractivity contribution in [3.8, 4) is 10.6 Å². The summed E-state index contributed by atoms with van der Waals surface area (Å²) in [6.45, 7) is 3.22. The molecule has 0 aliphatic rings. The molecule has 0 saturated heterocycles. The van der Waals surface area contributed by atoms with E-state index in [-0.39, 0.29) is 27.8 Å². The summed E-state index contributed by atoms with van der Waals surface area (Å²) >= 11 is 6.97. The minimum absolute atomic E-state index is 0.00953.